The quantitative estimate of drug-likeness (QED) is 0.190. The number of rotatable bonds is 3. The van der Waals surface area contributed by atoms with Gasteiger partial charge in [-0.15, -0.1) is 0 Å². The van der Waals surface area contributed by atoms with Crippen LogP contribution in [0.25, 0.3) is 87.2 Å². The highest BCUT2D eigenvalue weighted by Gasteiger charge is 2.16. The summed E-state index contributed by atoms with van der Waals surface area (Å²) in [5.74, 6) is 0. The number of benzene rings is 9. The first-order valence-electron chi connectivity index (χ1n) is 15.3. The lowest BCUT2D eigenvalue weighted by Gasteiger charge is -2.18. The van der Waals surface area contributed by atoms with Crippen molar-refractivity contribution >= 4 is 53.9 Å². The highest BCUT2D eigenvalue weighted by molar-refractivity contribution is 6.19. The molecule has 9 aromatic rings. The average Bonchev–Trinajstić information content (AvgIpc) is 3.09. The third kappa shape index (κ3) is 4.00. The molecule has 0 unspecified atom stereocenters. The third-order valence-corrected chi connectivity index (χ3v) is 9.20. The molecule has 0 radical (unpaired) electrons. The maximum Gasteiger partial charge on any atom is -0.00262 e. The van der Waals surface area contributed by atoms with E-state index < -0.39 is 0 Å². The zero-order valence-corrected chi connectivity index (χ0v) is 24.2. The Kier molecular flexibility index (Phi) is 5.61. The molecule has 0 saturated carbocycles. The zero-order chi connectivity index (χ0) is 29.0. The van der Waals surface area contributed by atoms with Gasteiger partial charge in [-0.1, -0.05) is 146 Å². The minimum Gasteiger partial charge on any atom is -0.0616 e. The van der Waals surface area contributed by atoms with Gasteiger partial charge in [-0.05, 0) is 112 Å². The molecule has 0 N–H and O–H groups in total. The highest BCUT2D eigenvalue weighted by Crippen LogP contribution is 2.44. The lowest BCUT2D eigenvalue weighted by atomic mass is 9.85. The van der Waals surface area contributed by atoms with Crippen LogP contribution in [0.4, 0.5) is 0 Å². The maximum atomic E-state index is 2.43. The van der Waals surface area contributed by atoms with Crippen LogP contribution in [0, 0.1) is 0 Å². The van der Waals surface area contributed by atoms with E-state index in [1.165, 1.54) is 87.2 Å². The SMILES string of the molecule is c1ccc2cc(-c3cccc4c(-c5ccc6ccccc6c5)c5cccc(-c6ccc7ccccc7c6)c5cc34)ccc2c1. The Balaban J connectivity index is 1.39. The summed E-state index contributed by atoms with van der Waals surface area (Å²) in [7, 11) is 0. The molecule has 0 heterocycles. The standard InChI is InChI=1S/C44H28/c1-4-12-32-25-35(22-19-29(32)9-1)38-15-7-17-40-42(38)28-43-39(36-23-20-30-10-2-5-13-33(30)26-36)16-8-18-41(43)44(40)37-24-21-31-11-3-6-14-34(31)27-37/h1-28H. The van der Waals surface area contributed by atoms with Crippen molar-refractivity contribution in [1.29, 1.82) is 0 Å². The Morgan fingerprint density at radius 2 is 0.614 bits per heavy atom. The van der Waals surface area contributed by atoms with Crippen LogP contribution in [0.15, 0.2) is 170 Å². The second kappa shape index (κ2) is 9.93. The van der Waals surface area contributed by atoms with Crippen molar-refractivity contribution in [2.45, 2.75) is 0 Å². The van der Waals surface area contributed by atoms with Crippen molar-refractivity contribution in [3.05, 3.63) is 170 Å². The molecule has 0 fully saturated rings. The van der Waals surface area contributed by atoms with Crippen molar-refractivity contribution in [3.63, 3.8) is 0 Å². The minimum atomic E-state index is 1.24. The summed E-state index contributed by atoms with van der Waals surface area (Å²) in [5.41, 5.74) is 7.51. The Hall–Kier alpha value is -5.72. The lowest BCUT2D eigenvalue weighted by molar-refractivity contribution is 1.66. The van der Waals surface area contributed by atoms with Gasteiger partial charge >= 0.3 is 0 Å². The van der Waals surface area contributed by atoms with Gasteiger partial charge < -0.3 is 0 Å². The van der Waals surface area contributed by atoms with Crippen molar-refractivity contribution in [1.82, 2.24) is 0 Å². The van der Waals surface area contributed by atoms with Gasteiger partial charge in [0.15, 0.2) is 0 Å². The maximum absolute atomic E-state index is 2.43. The predicted molar refractivity (Wildman–Crippen MR) is 190 cm³/mol. The Bertz CT molecular complexity index is 2410. The first-order valence-corrected chi connectivity index (χ1v) is 15.3. The van der Waals surface area contributed by atoms with E-state index in [-0.39, 0.29) is 0 Å². The molecule has 0 saturated heterocycles. The topological polar surface area (TPSA) is 0 Å². The van der Waals surface area contributed by atoms with Gasteiger partial charge in [0.2, 0.25) is 0 Å². The number of fused-ring (bicyclic) bond motifs is 5. The molecular weight excluding hydrogens is 528 g/mol. The van der Waals surface area contributed by atoms with Gasteiger partial charge in [-0.3, -0.25) is 0 Å². The molecule has 0 nitrogen and oxygen atoms in total. The van der Waals surface area contributed by atoms with Gasteiger partial charge in [-0.2, -0.15) is 0 Å². The summed E-state index contributed by atoms with van der Waals surface area (Å²) >= 11 is 0. The predicted octanol–water partition coefficient (Wildman–Crippen LogP) is 12.5. The Labute approximate surface area is 256 Å². The molecule has 0 aliphatic rings. The highest BCUT2D eigenvalue weighted by atomic mass is 14.2. The van der Waals surface area contributed by atoms with Crippen molar-refractivity contribution in [2.75, 3.05) is 0 Å². The van der Waals surface area contributed by atoms with Crippen molar-refractivity contribution in [3.8, 4) is 33.4 Å². The molecule has 0 heteroatoms. The summed E-state index contributed by atoms with van der Waals surface area (Å²) in [6.45, 7) is 0. The molecule has 9 rings (SSSR count). The average molecular weight is 557 g/mol. The summed E-state index contributed by atoms with van der Waals surface area (Å²) < 4.78 is 0. The Morgan fingerprint density at radius 1 is 0.227 bits per heavy atom. The van der Waals surface area contributed by atoms with Crippen molar-refractivity contribution < 1.29 is 0 Å². The summed E-state index contributed by atoms with van der Waals surface area (Å²) in [4.78, 5) is 0. The van der Waals surface area contributed by atoms with E-state index in [1.54, 1.807) is 0 Å². The van der Waals surface area contributed by atoms with E-state index in [9.17, 15) is 0 Å². The zero-order valence-electron chi connectivity index (χ0n) is 24.2. The van der Waals surface area contributed by atoms with E-state index >= 15 is 0 Å². The number of hydrogen-bond donors (Lipinski definition) is 0. The fourth-order valence-corrected chi connectivity index (χ4v) is 7.04. The van der Waals surface area contributed by atoms with Crippen LogP contribution in [0.1, 0.15) is 0 Å². The van der Waals surface area contributed by atoms with Crippen LogP contribution in [0.2, 0.25) is 0 Å². The summed E-state index contributed by atoms with van der Waals surface area (Å²) in [6.07, 6.45) is 0. The molecule has 0 atom stereocenters. The molecule has 0 amide bonds. The van der Waals surface area contributed by atoms with Gasteiger partial charge in [0.1, 0.15) is 0 Å². The van der Waals surface area contributed by atoms with E-state index in [0.29, 0.717) is 0 Å². The molecule has 0 aliphatic carbocycles. The van der Waals surface area contributed by atoms with Crippen LogP contribution in [0.5, 0.6) is 0 Å². The van der Waals surface area contributed by atoms with E-state index in [2.05, 4.69) is 170 Å². The molecular formula is C44H28. The molecule has 0 aromatic heterocycles. The molecule has 0 bridgehead atoms. The van der Waals surface area contributed by atoms with Crippen LogP contribution >= 0.6 is 0 Å². The van der Waals surface area contributed by atoms with Crippen molar-refractivity contribution in [2.24, 2.45) is 0 Å². The molecule has 9 aromatic carbocycles. The second-order valence-corrected chi connectivity index (χ2v) is 11.7. The fourth-order valence-electron chi connectivity index (χ4n) is 7.04. The van der Waals surface area contributed by atoms with Gasteiger partial charge in [0.25, 0.3) is 0 Å². The molecule has 204 valence electrons. The summed E-state index contributed by atoms with van der Waals surface area (Å²) in [6, 6.07) is 62.5. The van der Waals surface area contributed by atoms with Crippen LogP contribution < -0.4 is 0 Å². The Morgan fingerprint density at radius 3 is 1.07 bits per heavy atom. The van der Waals surface area contributed by atoms with E-state index in [1.807, 2.05) is 0 Å². The first-order chi connectivity index (χ1) is 21.8. The second-order valence-electron chi connectivity index (χ2n) is 11.7. The fraction of sp³-hybridized carbons (Fsp3) is 0. The van der Waals surface area contributed by atoms with Crippen LogP contribution in [-0.4, -0.2) is 0 Å². The minimum absolute atomic E-state index is 1.24. The smallest absolute Gasteiger partial charge is 0.00262 e. The van der Waals surface area contributed by atoms with Gasteiger partial charge in [0.05, 0.1) is 0 Å². The lowest BCUT2D eigenvalue weighted by Crippen LogP contribution is -1.91. The molecule has 44 heavy (non-hydrogen) atoms. The normalized spacial score (nSPS) is 11.6. The first kappa shape index (κ1) is 24.8. The van der Waals surface area contributed by atoms with Gasteiger partial charge in [-0.25, -0.2) is 0 Å². The summed E-state index contributed by atoms with van der Waals surface area (Å²) in [5, 5.41) is 12.6. The van der Waals surface area contributed by atoms with Crippen LogP contribution in [0.3, 0.4) is 0 Å². The van der Waals surface area contributed by atoms with Crippen LogP contribution in [-0.2, 0) is 0 Å². The molecule has 0 spiro atoms. The number of hydrogen-bond acceptors (Lipinski definition) is 0. The molecule has 0 aliphatic heterocycles. The third-order valence-electron chi connectivity index (χ3n) is 9.20. The van der Waals surface area contributed by atoms with E-state index in [4.69, 9.17) is 0 Å². The monoisotopic (exact) mass is 556 g/mol. The largest absolute Gasteiger partial charge is 0.0616 e. The van der Waals surface area contributed by atoms with E-state index in [0.717, 1.165) is 0 Å². The van der Waals surface area contributed by atoms with Gasteiger partial charge in [0, 0.05) is 0 Å².